The van der Waals surface area contributed by atoms with E-state index in [0.717, 1.165) is 5.56 Å². The van der Waals surface area contributed by atoms with Crippen molar-refractivity contribution in [3.05, 3.63) is 29.5 Å². The number of anilines is 1. The Hall–Kier alpha value is -2.77. The van der Waals surface area contributed by atoms with E-state index < -0.39 is 0 Å². The van der Waals surface area contributed by atoms with Crippen LogP contribution in [0.25, 0.3) is 0 Å². The van der Waals surface area contributed by atoms with Crippen LogP contribution in [0, 0.1) is 0 Å². The van der Waals surface area contributed by atoms with Gasteiger partial charge in [0.1, 0.15) is 0 Å². The van der Waals surface area contributed by atoms with Crippen LogP contribution < -0.4 is 15.2 Å². The van der Waals surface area contributed by atoms with E-state index in [2.05, 4.69) is 14.9 Å². The Bertz CT molecular complexity index is 641. The van der Waals surface area contributed by atoms with E-state index in [4.69, 9.17) is 15.2 Å². The number of rotatable bonds is 5. The van der Waals surface area contributed by atoms with Gasteiger partial charge in [0.15, 0.2) is 11.5 Å². The molecule has 21 heavy (non-hydrogen) atoms. The van der Waals surface area contributed by atoms with Gasteiger partial charge in [-0.05, 0) is 28.0 Å². The molecule has 0 saturated heterocycles. The van der Waals surface area contributed by atoms with Crippen LogP contribution in [0.3, 0.4) is 0 Å². The lowest BCUT2D eigenvalue weighted by Crippen LogP contribution is -2.27. The van der Waals surface area contributed by atoms with E-state index >= 15 is 0 Å². The van der Waals surface area contributed by atoms with Crippen LogP contribution in [0.2, 0.25) is 0 Å². The predicted molar refractivity (Wildman–Crippen MR) is 74.1 cm³/mol. The van der Waals surface area contributed by atoms with Crippen molar-refractivity contribution in [2.24, 2.45) is 0 Å². The van der Waals surface area contributed by atoms with Gasteiger partial charge in [-0.2, -0.15) is 0 Å². The zero-order chi connectivity index (χ0) is 15.4. The monoisotopic (exact) mass is 292 g/mol. The molecular weight excluding hydrogens is 276 g/mol. The third-order valence-corrected chi connectivity index (χ3v) is 2.93. The molecule has 2 aromatic rings. The first-order valence-corrected chi connectivity index (χ1v) is 6.11. The zero-order valence-electron chi connectivity index (χ0n) is 12.0. The number of hydrogen-bond acceptors (Lipinski definition) is 7. The van der Waals surface area contributed by atoms with Crippen LogP contribution >= 0.6 is 0 Å². The number of carbonyl (C=O) groups excluding carboxylic acids is 1. The van der Waals surface area contributed by atoms with Gasteiger partial charge in [0.05, 0.1) is 14.2 Å². The van der Waals surface area contributed by atoms with Gasteiger partial charge in [0.25, 0.3) is 5.91 Å². The van der Waals surface area contributed by atoms with Gasteiger partial charge in [-0.15, -0.1) is 0 Å². The summed E-state index contributed by atoms with van der Waals surface area (Å²) in [5, 5.41) is 6.88. The molecule has 2 rings (SSSR count). The summed E-state index contributed by atoms with van der Waals surface area (Å²) in [6.45, 7) is 0.353. The third-order valence-electron chi connectivity index (χ3n) is 2.93. The molecule has 0 spiro atoms. The fourth-order valence-corrected chi connectivity index (χ4v) is 1.85. The summed E-state index contributed by atoms with van der Waals surface area (Å²) in [7, 11) is 4.75. The molecule has 0 saturated carbocycles. The van der Waals surface area contributed by atoms with Gasteiger partial charge >= 0.3 is 0 Å². The number of nitrogen functional groups attached to an aromatic ring is 1. The van der Waals surface area contributed by atoms with Crippen LogP contribution in [0.4, 0.5) is 5.82 Å². The van der Waals surface area contributed by atoms with Gasteiger partial charge in [0.2, 0.25) is 11.5 Å². The van der Waals surface area contributed by atoms with Gasteiger partial charge < -0.3 is 20.1 Å². The van der Waals surface area contributed by atoms with Crippen molar-refractivity contribution in [1.82, 2.24) is 15.2 Å². The predicted octanol–water partition coefficient (Wildman–Crippen LogP) is 0.941. The number of nitrogens with zero attached hydrogens (tertiary/aromatic N) is 3. The van der Waals surface area contributed by atoms with Gasteiger partial charge in [0, 0.05) is 13.6 Å². The summed E-state index contributed by atoms with van der Waals surface area (Å²) in [6, 6.07) is 5.42. The molecule has 0 radical (unpaired) electrons. The second-order valence-electron chi connectivity index (χ2n) is 4.35. The van der Waals surface area contributed by atoms with E-state index in [1.54, 1.807) is 33.4 Å². The Morgan fingerprint density at radius 2 is 2.00 bits per heavy atom. The summed E-state index contributed by atoms with van der Waals surface area (Å²) in [5.41, 5.74) is 6.38. The Kier molecular flexibility index (Phi) is 4.27. The average molecular weight is 292 g/mol. The number of methoxy groups -OCH3 is 2. The highest BCUT2D eigenvalue weighted by molar-refractivity contribution is 5.95. The molecule has 0 bridgehead atoms. The van der Waals surface area contributed by atoms with E-state index in [0.29, 0.717) is 18.0 Å². The molecule has 0 fully saturated rings. The Morgan fingerprint density at radius 3 is 2.57 bits per heavy atom. The van der Waals surface area contributed by atoms with Crippen molar-refractivity contribution >= 4 is 11.7 Å². The minimum atomic E-state index is -0.372. The maximum atomic E-state index is 12.1. The number of carbonyl (C=O) groups is 1. The van der Waals surface area contributed by atoms with Crippen molar-refractivity contribution in [2.45, 2.75) is 6.54 Å². The van der Waals surface area contributed by atoms with E-state index in [9.17, 15) is 4.79 Å². The fourth-order valence-electron chi connectivity index (χ4n) is 1.85. The number of ether oxygens (including phenoxy) is 2. The SMILES string of the molecule is COc1ccc(CN(C)C(=O)c2nonc2N)cc1OC. The molecule has 0 aliphatic heterocycles. The largest absolute Gasteiger partial charge is 0.493 e. The van der Waals surface area contributed by atoms with Crippen LogP contribution in [-0.2, 0) is 6.54 Å². The number of aromatic nitrogens is 2. The lowest BCUT2D eigenvalue weighted by Gasteiger charge is -2.17. The molecule has 0 unspecified atom stereocenters. The lowest BCUT2D eigenvalue weighted by atomic mass is 10.2. The molecule has 112 valence electrons. The van der Waals surface area contributed by atoms with Gasteiger partial charge in [-0.1, -0.05) is 6.07 Å². The second kappa shape index (κ2) is 6.12. The molecule has 8 heteroatoms. The number of benzene rings is 1. The normalized spacial score (nSPS) is 10.2. The smallest absolute Gasteiger partial charge is 0.280 e. The molecule has 0 atom stereocenters. The standard InChI is InChI=1S/C13H16N4O4/c1-17(13(18)11-12(14)16-21-15-11)7-8-4-5-9(19-2)10(6-8)20-3/h4-6H,7H2,1-3H3,(H2,14,16). The number of amides is 1. The van der Waals surface area contributed by atoms with Gasteiger partial charge in [-0.25, -0.2) is 4.63 Å². The van der Waals surface area contributed by atoms with Crippen molar-refractivity contribution in [3.8, 4) is 11.5 Å². The lowest BCUT2D eigenvalue weighted by molar-refractivity contribution is 0.0774. The van der Waals surface area contributed by atoms with Crippen LogP contribution in [0.1, 0.15) is 16.1 Å². The summed E-state index contributed by atoms with van der Waals surface area (Å²) in [4.78, 5) is 13.6. The first kappa shape index (κ1) is 14.6. The molecule has 0 aliphatic carbocycles. The molecule has 0 aliphatic rings. The van der Waals surface area contributed by atoms with Crippen molar-refractivity contribution < 1.29 is 18.9 Å². The minimum absolute atomic E-state index is 0.00187. The molecular formula is C13H16N4O4. The maximum absolute atomic E-state index is 12.1. The average Bonchev–Trinajstić information content (AvgIpc) is 2.92. The molecule has 1 amide bonds. The summed E-state index contributed by atoms with van der Waals surface area (Å²) in [6.07, 6.45) is 0. The third kappa shape index (κ3) is 3.04. The molecule has 2 N–H and O–H groups in total. The van der Waals surface area contributed by atoms with Crippen LogP contribution in [0.5, 0.6) is 11.5 Å². The number of hydrogen-bond donors (Lipinski definition) is 1. The number of nitrogens with two attached hydrogens (primary N) is 1. The fraction of sp³-hybridized carbons (Fsp3) is 0.308. The molecule has 1 aromatic carbocycles. The first-order chi connectivity index (χ1) is 10.1. The minimum Gasteiger partial charge on any atom is -0.493 e. The van der Waals surface area contributed by atoms with Crippen LogP contribution in [0.15, 0.2) is 22.8 Å². The highest BCUT2D eigenvalue weighted by Gasteiger charge is 2.20. The van der Waals surface area contributed by atoms with Crippen molar-refractivity contribution in [3.63, 3.8) is 0 Å². The zero-order valence-corrected chi connectivity index (χ0v) is 12.0. The van der Waals surface area contributed by atoms with Crippen molar-refractivity contribution in [2.75, 3.05) is 27.0 Å². The second-order valence-corrected chi connectivity index (χ2v) is 4.35. The first-order valence-electron chi connectivity index (χ1n) is 6.11. The van der Waals surface area contributed by atoms with E-state index in [1.165, 1.54) is 4.90 Å². The quantitative estimate of drug-likeness (QED) is 0.874. The van der Waals surface area contributed by atoms with Crippen molar-refractivity contribution in [1.29, 1.82) is 0 Å². The Balaban J connectivity index is 2.14. The molecule has 1 aromatic heterocycles. The summed E-state index contributed by atoms with van der Waals surface area (Å²) in [5.74, 6) is 0.821. The molecule has 8 nitrogen and oxygen atoms in total. The topological polar surface area (TPSA) is 104 Å². The Morgan fingerprint density at radius 1 is 1.29 bits per heavy atom. The Labute approximate surface area is 121 Å². The van der Waals surface area contributed by atoms with E-state index in [-0.39, 0.29) is 17.4 Å². The summed E-state index contributed by atoms with van der Waals surface area (Å²) < 4.78 is 14.8. The summed E-state index contributed by atoms with van der Waals surface area (Å²) >= 11 is 0. The maximum Gasteiger partial charge on any atom is 0.280 e. The van der Waals surface area contributed by atoms with Gasteiger partial charge in [-0.3, -0.25) is 4.79 Å². The van der Waals surface area contributed by atoms with Crippen LogP contribution in [-0.4, -0.2) is 42.4 Å². The highest BCUT2D eigenvalue weighted by atomic mass is 16.6. The van der Waals surface area contributed by atoms with E-state index in [1.807, 2.05) is 6.07 Å². The molecule has 1 heterocycles. The highest BCUT2D eigenvalue weighted by Crippen LogP contribution is 2.28.